The van der Waals surface area contributed by atoms with Gasteiger partial charge in [0.25, 0.3) is 0 Å². The number of nitrogens with one attached hydrogen (secondary N) is 2. The summed E-state index contributed by atoms with van der Waals surface area (Å²) in [5.41, 5.74) is 0.246. The van der Waals surface area contributed by atoms with Gasteiger partial charge in [0.2, 0.25) is 15.8 Å². The summed E-state index contributed by atoms with van der Waals surface area (Å²) in [6, 6.07) is 6.98. The molecule has 0 amide bonds. The van der Waals surface area contributed by atoms with Crippen molar-refractivity contribution in [2.45, 2.75) is 13.3 Å². The van der Waals surface area contributed by atoms with Gasteiger partial charge in [0.1, 0.15) is 17.2 Å². The van der Waals surface area contributed by atoms with Crippen molar-refractivity contribution in [1.29, 1.82) is 0 Å². The minimum atomic E-state index is -3.97. The lowest BCUT2D eigenvalue weighted by atomic mass is 10.0. The molecule has 2 N–H and O–H groups in total. The predicted molar refractivity (Wildman–Crippen MR) is 115 cm³/mol. The van der Waals surface area contributed by atoms with Crippen LogP contribution in [0, 0.1) is 11.6 Å². The van der Waals surface area contributed by atoms with E-state index in [1.165, 1.54) is 0 Å². The van der Waals surface area contributed by atoms with Crippen LogP contribution in [0.4, 0.5) is 14.5 Å². The predicted octanol–water partition coefficient (Wildman–Crippen LogP) is 3.68. The van der Waals surface area contributed by atoms with E-state index in [-0.39, 0.29) is 23.5 Å². The van der Waals surface area contributed by atoms with Crippen molar-refractivity contribution in [3.8, 4) is 11.1 Å². The van der Waals surface area contributed by atoms with E-state index in [2.05, 4.69) is 20.2 Å². The highest BCUT2D eigenvalue weighted by Crippen LogP contribution is 2.28. The lowest BCUT2D eigenvalue weighted by Crippen LogP contribution is -2.19. The maximum atomic E-state index is 15.0. The lowest BCUT2D eigenvalue weighted by molar-refractivity contribution is 0.103. The van der Waals surface area contributed by atoms with Crippen LogP contribution in [0.5, 0.6) is 0 Å². The summed E-state index contributed by atoms with van der Waals surface area (Å²) in [4.78, 5) is 21.3. The molecule has 0 aliphatic heterocycles. The Morgan fingerprint density at radius 2 is 1.88 bits per heavy atom. The SMILES string of the molecule is CCCS(=O)(=O)Nc1c(F)ccc(C(=O)c2[nH]nc3ncc(-c4ccncc4)cc23)c1F. The van der Waals surface area contributed by atoms with Crippen LogP contribution >= 0.6 is 0 Å². The number of fused-ring (bicyclic) bond motifs is 1. The maximum Gasteiger partial charge on any atom is 0.232 e. The molecule has 164 valence electrons. The van der Waals surface area contributed by atoms with Crippen molar-refractivity contribution < 1.29 is 22.0 Å². The van der Waals surface area contributed by atoms with E-state index in [9.17, 15) is 17.6 Å². The van der Waals surface area contributed by atoms with Gasteiger partial charge < -0.3 is 0 Å². The highest BCUT2D eigenvalue weighted by atomic mass is 32.2. The summed E-state index contributed by atoms with van der Waals surface area (Å²) >= 11 is 0. The quantitative estimate of drug-likeness (QED) is 0.409. The smallest absolute Gasteiger partial charge is 0.232 e. The molecule has 0 unspecified atom stereocenters. The summed E-state index contributed by atoms with van der Waals surface area (Å²) < 4.78 is 55.1. The third kappa shape index (κ3) is 4.06. The normalized spacial score (nSPS) is 11.6. The molecule has 4 aromatic rings. The van der Waals surface area contributed by atoms with Crippen molar-refractivity contribution in [1.82, 2.24) is 20.2 Å². The summed E-state index contributed by atoms with van der Waals surface area (Å²) in [6.45, 7) is 1.61. The zero-order valence-electron chi connectivity index (χ0n) is 16.8. The molecule has 11 heteroatoms. The van der Waals surface area contributed by atoms with Crippen molar-refractivity contribution in [3.63, 3.8) is 0 Å². The number of aromatic nitrogens is 4. The molecule has 0 saturated carbocycles. The number of hydrogen-bond acceptors (Lipinski definition) is 6. The number of ketones is 1. The molecule has 0 aliphatic carbocycles. The number of sulfonamides is 1. The molecule has 1 aromatic carbocycles. The van der Waals surface area contributed by atoms with Crippen LogP contribution in [0.15, 0.2) is 48.9 Å². The number of hydrogen-bond donors (Lipinski definition) is 2. The Morgan fingerprint density at radius 3 is 2.59 bits per heavy atom. The Hall–Kier alpha value is -3.73. The summed E-state index contributed by atoms with van der Waals surface area (Å²) in [5, 5.41) is 6.86. The van der Waals surface area contributed by atoms with Crippen LogP contribution in [0.25, 0.3) is 22.2 Å². The number of nitrogens with zero attached hydrogens (tertiary/aromatic N) is 3. The third-order valence-electron chi connectivity index (χ3n) is 4.72. The van der Waals surface area contributed by atoms with Gasteiger partial charge >= 0.3 is 0 Å². The summed E-state index contributed by atoms with van der Waals surface area (Å²) in [6.07, 6.45) is 5.04. The van der Waals surface area contributed by atoms with Crippen molar-refractivity contribution in [2.24, 2.45) is 0 Å². The summed E-state index contributed by atoms with van der Waals surface area (Å²) in [7, 11) is -3.97. The van der Waals surface area contributed by atoms with Crippen molar-refractivity contribution >= 4 is 32.5 Å². The van der Waals surface area contributed by atoms with E-state index >= 15 is 4.39 Å². The van der Waals surface area contributed by atoms with Gasteiger partial charge in [0.05, 0.1) is 16.7 Å². The Kier molecular flexibility index (Phi) is 5.66. The highest BCUT2D eigenvalue weighted by Gasteiger charge is 2.25. The molecule has 0 radical (unpaired) electrons. The van der Waals surface area contributed by atoms with Gasteiger partial charge in [-0.2, -0.15) is 5.10 Å². The Labute approximate surface area is 181 Å². The zero-order valence-corrected chi connectivity index (χ0v) is 17.6. The lowest BCUT2D eigenvalue weighted by Gasteiger charge is -2.11. The van der Waals surface area contributed by atoms with Crippen LogP contribution in [-0.4, -0.2) is 40.1 Å². The number of benzene rings is 1. The Bertz CT molecular complexity index is 1420. The Balaban J connectivity index is 1.77. The van der Waals surface area contributed by atoms with E-state index in [0.29, 0.717) is 10.9 Å². The standard InChI is InChI=1S/C21H17F2N5O3S/c1-2-9-32(30,31)28-19-16(22)4-3-14(17(19)23)20(29)18-15-10-13(11-25-21(15)27-26-18)12-5-7-24-8-6-12/h3-8,10-11,28H,2,9H2,1H3,(H,25,26,27). The fraction of sp³-hybridized carbons (Fsp3) is 0.143. The first-order chi connectivity index (χ1) is 15.3. The van der Waals surface area contributed by atoms with E-state index in [0.717, 1.165) is 17.7 Å². The van der Waals surface area contributed by atoms with E-state index in [4.69, 9.17) is 0 Å². The number of carbonyl (C=O) groups is 1. The fourth-order valence-corrected chi connectivity index (χ4v) is 4.34. The molecular weight excluding hydrogens is 440 g/mol. The monoisotopic (exact) mass is 457 g/mol. The van der Waals surface area contributed by atoms with Gasteiger partial charge in [0.15, 0.2) is 11.5 Å². The van der Waals surface area contributed by atoms with E-state index in [1.807, 2.05) is 4.72 Å². The highest BCUT2D eigenvalue weighted by molar-refractivity contribution is 7.92. The molecule has 0 spiro atoms. The van der Waals surface area contributed by atoms with Crippen LogP contribution in [0.1, 0.15) is 29.4 Å². The summed E-state index contributed by atoms with van der Waals surface area (Å²) in [5.74, 6) is -3.58. The van der Waals surface area contributed by atoms with Crippen LogP contribution in [0.3, 0.4) is 0 Å². The number of halogens is 2. The topological polar surface area (TPSA) is 118 Å². The average molecular weight is 457 g/mol. The molecule has 0 aliphatic rings. The van der Waals surface area contributed by atoms with Crippen LogP contribution < -0.4 is 4.72 Å². The van der Waals surface area contributed by atoms with Gasteiger partial charge in [-0.05, 0) is 42.3 Å². The van der Waals surface area contributed by atoms with E-state index in [1.54, 1.807) is 43.7 Å². The second kappa shape index (κ2) is 8.42. The van der Waals surface area contributed by atoms with Gasteiger partial charge in [-0.15, -0.1) is 0 Å². The third-order valence-corrected chi connectivity index (χ3v) is 6.18. The first-order valence-corrected chi connectivity index (χ1v) is 11.2. The molecule has 32 heavy (non-hydrogen) atoms. The largest absolute Gasteiger partial charge is 0.287 e. The van der Waals surface area contributed by atoms with Gasteiger partial charge in [0, 0.05) is 24.2 Å². The van der Waals surface area contributed by atoms with Gasteiger partial charge in [-0.25, -0.2) is 22.2 Å². The minimum absolute atomic E-state index is 0.0590. The number of carbonyl (C=O) groups excluding carboxylic acids is 1. The first kappa shape index (κ1) is 21.5. The second-order valence-electron chi connectivity index (χ2n) is 6.96. The molecule has 8 nitrogen and oxygen atoms in total. The number of aromatic amines is 1. The van der Waals surface area contributed by atoms with Crippen molar-refractivity contribution in [3.05, 3.63) is 71.8 Å². The van der Waals surface area contributed by atoms with E-state index < -0.39 is 38.7 Å². The molecule has 4 rings (SSSR count). The Morgan fingerprint density at radius 1 is 1.12 bits per heavy atom. The molecule has 0 saturated heterocycles. The number of pyridine rings is 2. The van der Waals surface area contributed by atoms with Crippen LogP contribution in [0.2, 0.25) is 0 Å². The molecule has 0 bridgehead atoms. The average Bonchev–Trinajstić information content (AvgIpc) is 3.20. The molecule has 0 fully saturated rings. The molecule has 3 aromatic heterocycles. The zero-order chi connectivity index (χ0) is 22.9. The molecule has 3 heterocycles. The maximum absolute atomic E-state index is 15.0. The van der Waals surface area contributed by atoms with Crippen LogP contribution in [-0.2, 0) is 10.0 Å². The number of rotatable bonds is 7. The first-order valence-electron chi connectivity index (χ1n) is 9.58. The molecular formula is C21H17F2N5O3S. The fourth-order valence-electron chi connectivity index (χ4n) is 3.21. The number of anilines is 1. The van der Waals surface area contributed by atoms with Gasteiger partial charge in [-0.3, -0.25) is 19.6 Å². The minimum Gasteiger partial charge on any atom is -0.287 e. The molecule has 0 atom stereocenters. The van der Waals surface area contributed by atoms with Crippen molar-refractivity contribution in [2.75, 3.05) is 10.5 Å². The van der Waals surface area contributed by atoms with Gasteiger partial charge in [-0.1, -0.05) is 6.92 Å². The second-order valence-corrected chi connectivity index (χ2v) is 8.81. The number of H-pyrrole nitrogens is 1.